The molecule has 3 aliphatic heterocycles. The molecule has 1 N–H and O–H groups in total. The van der Waals surface area contributed by atoms with E-state index in [1.165, 1.54) is 4.90 Å². The minimum Gasteiger partial charge on any atom is -0.368 e. The Morgan fingerprint density at radius 1 is 0.882 bits per heavy atom. The smallest absolute Gasteiger partial charge is 0.300 e. The van der Waals surface area contributed by atoms with Gasteiger partial charge in [0.25, 0.3) is 5.78 Å². The van der Waals surface area contributed by atoms with E-state index in [-0.39, 0.29) is 24.9 Å². The maximum Gasteiger partial charge on any atom is 0.300 e. The molecule has 0 radical (unpaired) electrons. The van der Waals surface area contributed by atoms with Gasteiger partial charge in [0.05, 0.1) is 30.4 Å². The lowest BCUT2D eigenvalue weighted by Crippen LogP contribution is -2.60. The summed E-state index contributed by atoms with van der Waals surface area (Å²) in [7, 11) is 0. The van der Waals surface area contributed by atoms with E-state index in [2.05, 4.69) is 22.3 Å². The van der Waals surface area contributed by atoms with Gasteiger partial charge in [-0.15, -0.1) is 0 Å². The molecule has 0 saturated carbocycles. The molecule has 5 rings (SSSR count). The lowest BCUT2D eigenvalue weighted by atomic mass is 10.1. The molecule has 9 nitrogen and oxygen atoms in total. The molecule has 2 aromatic carbocycles. The highest BCUT2D eigenvalue weighted by molar-refractivity contribution is 6.52. The van der Waals surface area contributed by atoms with Crippen LogP contribution < -0.4 is 15.1 Å². The molecule has 3 heterocycles. The second-order valence-corrected chi connectivity index (χ2v) is 8.75. The molecule has 0 bridgehead atoms. The molecule has 9 heteroatoms. The van der Waals surface area contributed by atoms with Gasteiger partial charge in [-0.3, -0.25) is 29.0 Å². The molecule has 176 valence electrons. The summed E-state index contributed by atoms with van der Waals surface area (Å²) in [6.07, 6.45) is 0.0365. The highest BCUT2D eigenvalue weighted by Gasteiger charge is 2.40. The number of hydrogen-bond acceptors (Lipinski definition) is 6. The zero-order valence-electron chi connectivity index (χ0n) is 18.9. The van der Waals surface area contributed by atoms with Crippen LogP contribution in [0.2, 0.25) is 0 Å². The summed E-state index contributed by atoms with van der Waals surface area (Å²) >= 11 is 0. The van der Waals surface area contributed by atoms with Crippen LogP contribution in [0.3, 0.4) is 0 Å². The van der Waals surface area contributed by atoms with Gasteiger partial charge in [0.1, 0.15) is 0 Å². The monoisotopic (exact) mass is 461 g/mol. The number of rotatable bonds is 5. The van der Waals surface area contributed by atoms with Crippen LogP contribution in [0.15, 0.2) is 54.6 Å². The minimum absolute atomic E-state index is 0.0365. The van der Waals surface area contributed by atoms with Crippen molar-refractivity contribution in [2.45, 2.75) is 12.5 Å². The van der Waals surface area contributed by atoms with Gasteiger partial charge >= 0.3 is 5.91 Å². The Bertz CT molecular complexity index is 1110. The van der Waals surface area contributed by atoms with Crippen LogP contribution in [-0.2, 0) is 14.4 Å². The van der Waals surface area contributed by atoms with Crippen LogP contribution in [0.4, 0.5) is 11.4 Å². The summed E-state index contributed by atoms with van der Waals surface area (Å²) in [6, 6.07) is 16.3. The maximum atomic E-state index is 13.1. The lowest BCUT2D eigenvalue weighted by molar-refractivity contribution is -0.139. The normalized spacial score (nSPS) is 21.0. The Labute approximate surface area is 197 Å². The van der Waals surface area contributed by atoms with Crippen molar-refractivity contribution in [2.75, 3.05) is 55.7 Å². The topological polar surface area (TPSA) is 93.3 Å². The predicted octanol–water partition coefficient (Wildman–Crippen LogP) is 0.713. The van der Waals surface area contributed by atoms with Crippen molar-refractivity contribution in [1.29, 1.82) is 0 Å². The molecule has 0 aromatic heterocycles. The van der Waals surface area contributed by atoms with Gasteiger partial charge in [-0.1, -0.05) is 30.3 Å². The average molecular weight is 462 g/mol. The maximum absolute atomic E-state index is 13.1. The number of anilines is 2. The zero-order chi connectivity index (χ0) is 23.7. The van der Waals surface area contributed by atoms with Crippen molar-refractivity contribution in [2.24, 2.45) is 0 Å². The standard InChI is InChI=1S/C25H27N5O4/c31-22(28-14-12-27(13-15-28)18-6-2-1-3-7-18)16-21-24(33)26-10-11-29(21)17-30-20-9-5-4-8-19(20)23(32)25(30)34/h1-9,21H,10-17H2,(H,26,33). The van der Waals surface area contributed by atoms with Gasteiger partial charge in [0, 0.05) is 45.0 Å². The number of carbonyl (C=O) groups excluding carboxylic acids is 4. The molecule has 34 heavy (non-hydrogen) atoms. The Kier molecular flexibility index (Phi) is 6.02. The highest BCUT2D eigenvalue weighted by Crippen LogP contribution is 2.29. The van der Waals surface area contributed by atoms with E-state index < -0.39 is 17.7 Å². The summed E-state index contributed by atoms with van der Waals surface area (Å²) in [5.41, 5.74) is 2.06. The summed E-state index contributed by atoms with van der Waals surface area (Å²) in [6.45, 7) is 3.66. The number of amides is 3. The molecule has 1 unspecified atom stereocenters. The second kappa shape index (κ2) is 9.26. The van der Waals surface area contributed by atoms with Gasteiger partial charge in [0.2, 0.25) is 11.8 Å². The summed E-state index contributed by atoms with van der Waals surface area (Å²) < 4.78 is 0. The summed E-state index contributed by atoms with van der Waals surface area (Å²) in [5.74, 6) is -1.45. The average Bonchev–Trinajstić information content (AvgIpc) is 3.11. The number of para-hydroxylation sites is 2. The number of fused-ring (bicyclic) bond motifs is 1. The SMILES string of the molecule is O=C1C(=O)N(CN2CCNC(=O)C2CC(=O)N2CCN(c3ccccc3)CC2)c2ccccc21. The Morgan fingerprint density at radius 2 is 1.59 bits per heavy atom. The van der Waals surface area contributed by atoms with Gasteiger partial charge < -0.3 is 15.1 Å². The number of Topliss-reactive ketones (excluding diaryl/α,β-unsaturated/α-hetero) is 1. The summed E-state index contributed by atoms with van der Waals surface area (Å²) in [4.78, 5) is 58.1. The van der Waals surface area contributed by atoms with E-state index in [1.807, 2.05) is 23.1 Å². The number of piperazine rings is 2. The lowest BCUT2D eigenvalue weighted by Gasteiger charge is -2.39. The fourth-order valence-electron chi connectivity index (χ4n) is 4.87. The first-order valence-corrected chi connectivity index (χ1v) is 11.6. The fraction of sp³-hybridized carbons (Fsp3) is 0.360. The highest BCUT2D eigenvalue weighted by atomic mass is 16.2. The zero-order valence-corrected chi connectivity index (χ0v) is 18.9. The molecule has 1 atom stereocenters. The van der Waals surface area contributed by atoms with Crippen molar-refractivity contribution < 1.29 is 19.2 Å². The van der Waals surface area contributed by atoms with Gasteiger partial charge in [0.15, 0.2) is 0 Å². The van der Waals surface area contributed by atoms with E-state index in [0.29, 0.717) is 37.4 Å². The Morgan fingerprint density at radius 3 is 2.35 bits per heavy atom. The number of ketones is 1. The third kappa shape index (κ3) is 4.14. The Hall–Kier alpha value is -3.72. The second-order valence-electron chi connectivity index (χ2n) is 8.75. The van der Waals surface area contributed by atoms with Crippen molar-refractivity contribution in [3.63, 3.8) is 0 Å². The van der Waals surface area contributed by atoms with Crippen LogP contribution in [0.25, 0.3) is 0 Å². The number of nitrogens with one attached hydrogen (secondary N) is 1. The van der Waals surface area contributed by atoms with Crippen LogP contribution >= 0.6 is 0 Å². The van der Waals surface area contributed by atoms with Crippen molar-refractivity contribution in [3.05, 3.63) is 60.2 Å². The van der Waals surface area contributed by atoms with Crippen LogP contribution in [0, 0.1) is 0 Å². The number of hydrogen-bond donors (Lipinski definition) is 1. The summed E-state index contributed by atoms with van der Waals surface area (Å²) in [5, 5.41) is 2.83. The number of carbonyl (C=O) groups is 4. The van der Waals surface area contributed by atoms with Crippen LogP contribution in [0.5, 0.6) is 0 Å². The predicted molar refractivity (Wildman–Crippen MR) is 126 cm³/mol. The molecule has 0 aliphatic carbocycles. The molecular weight excluding hydrogens is 434 g/mol. The van der Waals surface area contributed by atoms with Crippen molar-refractivity contribution >= 4 is 34.9 Å². The van der Waals surface area contributed by atoms with Gasteiger partial charge in [-0.2, -0.15) is 0 Å². The van der Waals surface area contributed by atoms with E-state index in [9.17, 15) is 19.2 Å². The first-order valence-electron chi connectivity index (χ1n) is 11.6. The molecule has 0 spiro atoms. The largest absolute Gasteiger partial charge is 0.368 e. The number of nitrogens with zero attached hydrogens (tertiary/aromatic N) is 4. The van der Waals surface area contributed by atoms with E-state index in [4.69, 9.17) is 0 Å². The fourth-order valence-corrected chi connectivity index (χ4v) is 4.87. The molecular formula is C25H27N5O4. The number of benzene rings is 2. The third-order valence-electron chi connectivity index (χ3n) is 6.77. The van der Waals surface area contributed by atoms with E-state index >= 15 is 0 Å². The minimum atomic E-state index is -0.691. The third-order valence-corrected chi connectivity index (χ3v) is 6.77. The van der Waals surface area contributed by atoms with Gasteiger partial charge in [-0.25, -0.2) is 0 Å². The Balaban J connectivity index is 1.24. The molecule has 2 saturated heterocycles. The van der Waals surface area contributed by atoms with Crippen molar-refractivity contribution in [3.8, 4) is 0 Å². The van der Waals surface area contributed by atoms with Crippen molar-refractivity contribution in [1.82, 2.24) is 15.1 Å². The van der Waals surface area contributed by atoms with Gasteiger partial charge in [-0.05, 0) is 24.3 Å². The first-order chi connectivity index (χ1) is 16.5. The van der Waals surface area contributed by atoms with E-state index in [0.717, 1.165) is 18.8 Å². The molecule has 3 aliphatic rings. The molecule has 3 amide bonds. The van der Waals surface area contributed by atoms with Crippen LogP contribution in [0.1, 0.15) is 16.8 Å². The van der Waals surface area contributed by atoms with E-state index in [1.54, 1.807) is 29.2 Å². The first kappa shape index (κ1) is 22.1. The molecule has 2 fully saturated rings. The van der Waals surface area contributed by atoms with Crippen LogP contribution in [-0.4, -0.2) is 85.3 Å². The quantitative estimate of drug-likeness (QED) is 0.660. The molecule has 2 aromatic rings.